The lowest BCUT2D eigenvalue weighted by molar-refractivity contribution is -0.125. The first-order valence-electron chi connectivity index (χ1n) is 18.9. The highest BCUT2D eigenvalue weighted by atomic mass is 31.2. The second-order valence-corrected chi connectivity index (χ2v) is 14.4. The number of aliphatic hydroxyl groups excluding tert-OH is 2. The first-order chi connectivity index (χ1) is 22.3. The molecule has 4 atom stereocenters. The molecule has 0 aromatic rings. The number of phosphoric ester groups is 1. The van der Waals surface area contributed by atoms with Gasteiger partial charge in [0.25, 0.3) is 0 Å². The lowest BCUT2D eigenvalue weighted by atomic mass is 10.0. The topological polar surface area (TPSA) is 151 Å². The molecule has 0 saturated heterocycles. The number of phosphoric acid groups is 1. The fourth-order valence-corrected chi connectivity index (χ4v) is 6.29. The molecule has 0 aliphatic carbocycles. The molecule has 0 spiro atoms. The van der Waals surface area contributed by atoms with E-state index >= 15 is 0 Å². The molecule has 0 aliphatic heterocycles. The van der Waals surface area contributed by atoms with Crippen LogP contribution in [0.2, 0.25) is 0 Å². The summed E-state index contributed by atoms with van der Waals surface area (Å²) in [5.74, 6) is -0.421. The number of rotatable bonds is 35. The second kappa shape index (κ2) is 32.7. The molecule has 274 valence electrons. The van der Waals surface area contributed by atoms with E-state index in [1.54, 1.807) is 0 Å². The average molecular weight is 677 g/mol. The van der Waals surface area contributed by atoms with Crippen LogP contribution in [0.1, 0.15) is 174 Å². The third-order valence-electron chi connectivity index (χ3n) is 8.42. The van der Waals surface area contributed by atoms with Crippen molar-refractivity contribution in [1.29, 1.82) is 0 Å². The largest absolute Gasteiger partial charge is 0.472 e. The fourth-order valence-electron chi connectivity index (χ4n) is 5.53. The normalized spacial score (nSPS) is 15.2. The number of carbonyl (C=O) groups excluding carboxylic acids is 1. The first-order valence-corrected chi connectivity index (χ1v) is 20.4. The third-order valence-corrected chi connectivity index (χ3v) is 9.41. The monoisotopic (exact) mass is 677 g/mol. The Hall–Kier alpha value is -0.800. The highest BCUT2D eigenvalue weighted by Crippen LogP contribution is 2.43. The van der Waals surface area contributed by atoms with Gasteiger partial charge in [0.05, 0.1) is 37.9 Å². The summed E-state index contributed by atoms with van der Waals surface area (Å²) in [4.78, 5) is 22.6. The highest BCUT2D eigenvalue weighted by Gasteiger charge is 2.28. The molecule has 0 aliphatic rings. The Kier molecular flexibility index (Phi) is 32.2. The van der Waals surface area contributed by atoms with Gasteiger partial charge in [0, 0.05) is 6.54 Å². The molecule has 0 aromatic carbocycles. The molecule has 6 N–H and O–H groups in total. The Morgan fingerprint density at radius 2 is 1.17 bits per heavy atom. The Morgan fingerprint density at radius 1 is 0.717 bits per heavy atom. The SMILES string of the molecule is CCCCCCCC/C=C\CCCCCCCC(O)CC(=O)NC(COP(=O)(O)OCCN)C(O)CCCCCCCCCCC. The number of hydrogen-bond donors (Lipinski definition) is 5. The van der Waals surface area contributed by atoms with Crippen molar-refractivity contribution in [3.05, 3.63) is 12.2 Å². The number of aliphatic hydroxyl groups is 2. The molecule has 0 fully saturated rings. The van der Waals surface area contributed by atoms with E-state index in [0.29, 0.717) is 12.8 Å². The Balaban J connectivity index is 4.32. The van der Waals surface area contributed by atoms with E-state index in [4.69, 9.17) is 14.8 Å². The van der Waals surface area contributed by atoms with Gasteiger partial charge in [-0.15, -0.1) is 0 Å². The summed E-state index contributed by atoms with van der Waals surface area (Å²) >= 11 is 0. The van der Waals surface area contributed by atoms with Crippen LogP contribution in [0.5, 0.6) is 0 Å². The molecule has 0 rings (SSSR count). The minimum absolute atomic E-state index is 0.0594. The number of hydrogen-bond acceptors (Lipinski definition) is 7. The number of amides is 1. The molecule has 46 heavy (non-hydrogen) atoms. The van der Waals surface area contributed by atoms with Crippen molar-refractivity contribution >= 4 is 13.7 Å². The van der Waals surface area contributed by atoms with Gasteiger partial charge in [-0.25, -0.2) is 4.57 Å². The fraction of sp³-hybridized carbons (Fsp3) is 0.917. The summed E-state index contributed by atoms with van der Waals surface area (Å²) in [7, 11) is -4.36. The van der Waals surface area contributed by atoms with E-state index in [0.717, 1.165) is 44.9 Å². The minimum atomic E-state index is -4.36. The minimum Gasteiger partial charge on any atom is -0.393 e. The molecule has 0 saturated carbocycles. The molecule has 9 nitrogen and oxygen atoms in total. The summed E-state index contributed by atoms with van der Waals surface area (Å²) in [6.45, 7) is 3.99. The van der Waals surface area contributed by atoms with Crippen molar-refractivity contribution in [1.82, 2.24) is 5.32 Å². The van der Waals surface area contributed by atoms with Crippen molar-refractivity contribution in [2.24, 2.45) is 5.73 Å². The van der Waals surface area contributed by atoms with Gasteiger partial charge in [0.2, 0.25) is 5.91 Å². The predicted molar refractivity (Wildman–Crippen MR) is 191 cm³/mol. The van der Waals surface area contributed by atoms with Crippen molar-refractivity contribution in [2.45, 2.75) is 193 Å². The van der Waals surface area contributed by atoms with Gasteiger partial charge in [0.15, 0.2) is 0 Å². The number of nitrogens with one attached hydrogen (secondary N) is 1. The first kappa shape index (κ1) is 45.2. The molecule has 10 heteroatoms. The Bertz CT molecular complexity index is 756. The molecular formula is C36H73N2O7P. The van der Waals surface area contributed by atoms with Gasteiger partial charge in [-0.05, 0) is 38.5 Å². The van der Waals surface area contributed by atoms with Crippen molar-refractivity contribution in [3.8, 4) is 0 Å². The van der Waals surface area contributed by atoms with Crippen LogP contribution in [0, 0.1) is 0 Å². The molecule has 0 bridgehead atoms. The van der Waals surface area contributed by atoms with Gasteiger partial charge in [0.1, 0.15) is 0 Å². The zero-order valence-electron chi connectivity index (χ0n) is 29.7. The smallest absolute Gasteiger partial charge is 0.393 e. The summed E-state index contributed by atoms with van der Waals surface area (Å²) < 4.78 is 22.0. The van der Waals surface area contributed by atoms with Crippen molar-refractivity contribution in [3.63, 3.8) is 0 Å². The quantitative estimate of drug-likeness (QED) is 0.0254. The van der Waals surface area contributed by atoms with Gasteiger partial charge < -0.3 is 26.2 Å². The van der Waals surface area contributed by atoms with Crippen LogP contribution in [0.15, 0.2) is 12.2 Å². The molecule has 0 aromatic heterocycles. The van der Waals surface area contributed by atoms with E-state index in [-0.39, 0.29) is 26.2 Å². The van der Waals surface area contributed by atoms with Crippen LogP contribution in [-0.4, -0.2) is 59.0 Å². The summed E-state index contributed by atoms with van der Waals surface area (Å²) in [6, 6.07) is -0.893. The third kappa shape index (κ3) is 30.5. The van der Waals surface area contributed by atoms with Crippen LogP contribution in [0.4, 0.5) is 0 Å². The molecule has 4 unspecified atom stereocenters. The lowest BCUT2D eigenvalue weighted by Gasteiger charge is -2.25. The maximum atomic E-state index is 12.7. The molecule has 0 heterocycles. The van der Waals surface area contributed by atoms with Gasteiger partial charge >= 0.3 is 7.82 Å². The highest BCUT2D eigenvalue weighted by molar-refractivity contribution is 7.47. The van der Waals surface area contributed by atoms with E-state index in [1.807, 2.05) is 0 Å². The van der Waals surface area contributed by atoms with Crippen molar-refractivity contribution in [2.75, 3.05) is 19.8 Å². The van der Waals surface area contributed by atoms with Gasteiger partial charge in [-0.3, -0.25) is 13.8 Å². The zero-order valence-corrected chi connectivity index (χ0v) is 30.6. The van der Waals surface area contributed by atoms with Gasteiger partial charge in [-0.1, -0.05) is 142 Å². The lowest BCUT2D eigenvalue weighted by Crippen LogP contribution is -2.47. The number of nitrogens with two attached hydrogens (primary N) is 1. The second-order valence-electron chi connectivity index (χ2n) is 13.0. The summed E-state index contributed by atoms with van der Waals surface area (Å²) in [5.41, 5.74) is 5.34. The Morgan fingerprint density at radius 3 is 1.67 bits per heavy atom. The predicted octanol–water partition coefficient (Wildman–Crippen LogP) is 8.63. The number of allylic oxidation sites excluding steroid dienone is 2. The van der Waals surface area contributed by atoms with Crippen LogP contribution in [0.3, 0.4) is 0 Å². The number of carbonyl (C=O) groups is 1. The Labute approximate surface area is 282 Å². The average Bonchev–Trinajstić information content (AvgIpc) is 3.03. The van der Waals surface area contributed by atoms with E-state index < -0.39 is 32.0 Å². The number of unbranched alkanes of at least 4 members (excludes halogenated alkanes) is 19. The molecule has 0 radical (unpaired) electrons. The van der Waals surface area contributed by atoms with Crippen LogP contribution in [-0.2, 0) is 18.4 Å². The van der Waals surface area contributed by atoms with E-state index in [2.05, 4.69) is 31.3 Å². The molecule has 1 amide bonds. The van der Waals surface area contributed by atoms with Gasteiger partial charge in [-0.2, -0.15) is 0 Å². The maximum Gasteiger partial charge on any atom is 0.472 e. The van der Waals surface area contributed by atoms with E-state index in [9.17, 15) is 24.5 Å². The summed E-state index contributed by atoms with van der Waals surface area (Å²) in [6.07, 6.45) is 29.7. The van der Waals surface area contributed by atoms with Crippen LogP contribution >= 0.6 is 7.82 Å². The van der Waals surface area contributed by atoms with Crippen LogP contribution in [0.25, 0.3) is 0 Å². The standard InChI is InChI=1S/C36H73N2O7P/c1-3-5-7-9-11-13-14-15-16-17-18-20-21-23-25-27-33(39)31-36(41)38-34(32-45-46(42,43)44-30-29-37)35(40)28-26-24-22-19-12-10-8-6-4-2/h15-16,33-35,39-40H,3-14,17-32,37H2,1-2H3,(H,38,41)(H,42,43)/b16-15-. The zero-order chi connectivity index (χ0) is 34.1. The van der Waals surface area contributed by atoms with Crippen molar-refractivity contribution < 1.29 is 33.5 Å². The maximum absolute atomic E-state index is 12.7. The van der Waals surface area contributed by atoms with Crippen LogP contribution < -0.4 is 11.1 Å². The summed E-state index contributed by atoms with van der Waals surface area (Å²) in [5, 5.41) is 24.0. The van der Waals surface area contributed by atoms with E-state index in [1.165, 1.54) is 96.3 Å². The molecular weight excluding hydrogens is 603 g/mol.